The molecule has 0 atom stereocenters. The molecular weight excluding hydrogens is 267 g/mol. The summed E-state index contributed by atoms with van der Waals surface area (Å²) in [5.41, 5.74) is 6.91. The molecule has 6 heteroatoms. The predicted molar refractivity (Wildman–Crippen MR) is 75.1 cm³/mol. The Balaban J connectivity index is 2.35. The van der Waals surface area contributed by atoms with E-state index in [9.17, 15) is 4.39 Å². The number of nitrogens with two attached hydrogens (primary N) is 1. The Morgan fingerprint density at radius 3 is 2.84 bits per heavy atom. The van der Waals surface area contributed by atoms with Crippen LogP contribution < -0.4 is 11.1 Å². The summed E-state index contributed by atoms with van der Waals surface area (Å²) in [6, 6.07) is 4.41. The van der Waals surface area contributed by atoms with Crippen LogP contribution in [0.2, 0.25) is 5.02 Å². The van der Waals surface area contributed by atoms with Crippen molar-refractivity contribution in [2.45, 2.75) is 19.8 Å². The lowest BCUT2D eigenvalue weighted by Gasteiger charge is -2.12. The summed E-state index contributed by atoms with van der Waals surface area (Å²) >= 11 is 5.71. The van der Waals surface area contributed by atoms with Gasteiger partial charge in [0.25, 0.3) is 0 Å². The van der Waals surface area contributed by atoms with E-state index >= 15 is 0 Å². The third-order valence-corrected chi connectivity index (χ3v) is 2.90. The van der Waals surface area contributed by atoms with Gasteiger partial charge in [-0.05, 0) is 24.6 Å². The third-order valence-electron chi connectivity index (χ3n) is 2.66. The van der Waals surface area contributed by atoms with Gasteiger partial charge >= 0.3 is 0 Å². The van der Waals surface area contributed by atoms with Crippen LogP contribution in [0, 0.1) is 5.82 Å². The Labute approximate surface area is 115 Å². The Bertz CT molecular complexity index is 589. The summed E-state index contributed by atoms with van der Waals surface area (Å²) < 4.78 is 13.7. The number of benzene rings is 1. The molecule has 1 heterocycles. The lowest BCUT2D eigenvalue weighted by Crippen LogP contribution is -2.06. The van der Waals surface area contributed by atoms with Crippen molar-refractivity contribution >= 4 is 28.9 Å². The van der Waals surface area contributed by atoms with Crippen LogP contribution in [0.5, 0.6) is 0 Å². The standard InChI is InChI=1S/C13H14ClFN4/c1-2-3-9-12(16)17-7-18-13(9)19-11-5-4-8(14)6-10(11)15/h4-7H,2-3H2,1H3,(H3,16,17,18,19). The molecular formula is C13H14ClFN4. The van der Waals surface area contributed by atoms with Gasteiger partial charge in [0.15, 0.2) is 0 Å². The molecule has 0 fully saturated rings. The maximum Gasteiger partial charge on any atom is 0.148 e. The third kappa shape index (κ3) is 3.12. The van der Waals surface area contributed by atoms with Gasteiger partial charge in [0, 0.05) is 10.6 Å². The van der Waals surface area contributed by atoms with Gasteiger partial charge in [-0.3, -0.25) is 0 Å². The largest absolute Gasteiger partial charge is 0.383 e. The van der Waals surface area contributed by atoms with E-state index in [0.717, 1.165) is 18.4 Å². The van der Waals surface area contributed by atoms with Crippen LogP contribution in [0.15, 0.2) is 24.5 Å². The molecule has 0 bridgehead atoms. The summed E-state index contributed by atoms with van der Waals surface area (Å²) in [6.07, 6.45) is 2.98. The van der Waals surface area contributed by atoms with Gasteiger partial charge in [0.1, 0.15) is 23.8 Å². The second-order valence-electron chi connectivity index (χ2n) is 4.09. The van der Waals surface area contributed by atoms with E-state index < -0.39 is 5.82 Å². The van der Waals surface area contributed by atoms with E-state index in [-0.39, 0.29) is 0 Å². The first-order chi connectivity index (χ1) is 9.11. The van der Waals surface area contributed by atoms with Crippen molar-refractivity contribution in [1.29, 1.82) is 0 Å². The smallest absolute Gasteiger partial charge is 0.148 e. The highest BCUT2D eigenvalue weighted by Crippen LogP contribution is 2.26. The van der Waals surface area contributed by atoms with Gasteiger partial charge in [-0.2, -0.15) is 0 Å². The molecule has 0 aliphatic heterocycles. The van der Waals surface area contributed by atoms with Gasteiger partial charge in [0.2, 0.25) is 0 Å². The van der Waals surface area contributed by atoms with E-state index in [1.165, 1.54) is 12.4 Å². The Hall–Kier alpha value is -1.88. The van der Waals surface area contributed by atoms with Crippen molar-refractivity contribution in [2.75, 3.05) is 11.1 Å². The normalized spacial score (nSPS) is 10.5. The molecule has 2 rings (SSSR count). The van der Waals surface area contributed by atoms with Crippen LogP contribution in [-0.4, -0.2) is 9.97 Å². The minimum atomic E-state index is -0.438. The van der Waals surface area contributed by atoms with Gasteiger partial charge in [-0.15, -0.1) is 0 Å². The Kier molecular flexibility index (Phi) is 4.16. The number of rotatable bonds is 4. The summed E-state index contributed by atoms with van der Waals surface area (Å²) in [5.74, 6) is 0.497. The number of nitrogens with zero attached hydrogens (tertiary/aromatic N) is 2. The number of aromatic nitrogens is 2. The van der Waals surface area contributed by atoms with Crippen LogP contribution in [0.3, 0.4) is 0 Å². The molecule has 0 aliphatic rings. The molecule has 4 nitrogen and oxygen atoms in total. The Morgan fingerprint density at radius 1 is 1.37 bits per heavy atom. The topological polar surface area (TPSA) is 63.8 Å². The van der Waals surface area contributed by atoms with E-state index in [1.54, 1.807) is 12.1 Å². The first-order valence-electron chi connectivity index (χ1n) is 5.93. The van der Waals surface area contributed by atoms with Crippen LogP contribution in [0.25, 0.3) is 0 Å². The number of halogens is 2. The molecule has 1 aromatic carbocycles. The maximum absolute atomic E-state index is 13.7. The molecule has 19 heavy (non-hydrogen) atoms. The Morgan fingerprint density at radius 2 is 2.16 bits per heavy atom. The molecule has 100 valence electrons. The van der Waals surface area contributed by atoms with Crippen LogP contribution in [0.1, 0.15) is 18.9 Å². The minimum absolute atomic E-state index is 0.305. The molecule has 0 spiro atoms. The van der Waals surface area contributed by atoms with Gasteiger partial charge in [0.05, 0.1) is 5.69 Å². The molecule has 0 aliphatic carbocycles. The SMILES string of the molecule is CCCc1c(N)ncnc1Nc1ccc(Cl)cc1F. The molecule has 2 aromatic rings. The van der Waals surface area contributed by atoms with Crippen LogP contribution >= 0.6 is 11.6 Å². The summed E-state index contributed by atoms with van der Waals surface area (Å²) in [6.45, 7) is 2.03. The van der Waals surface area contributed by atoms with Gasteiger partial charge in [-0.25, -0.2) is 14.4 Å². The predicted octanol–water partition coefficient (Wildman–Crippen LogP) is 3.55. The summed E-state index contributed by atoms with van der Waals surface area (Å²) in [7, 11) is 0. The first kappa shape index (κ1) is 13.5. The fourth-order valence-corrected chi connectivity index (χ4v) is 1.91. The highest BCUT2D eigenvalue weighted by Gasteiger charge is 2.10. The highest BCUT2D eigenvalue weighted by atomic mass is 35.5. The lowest BCUT2D eigenvalue weighted by molar-refractivity contribution is 0.632. The van der Waals surface area contributed by atoms with Crippen molar-refractivity contribution < 1.29 is 4.39 Å². The number of nitrogen functional groups attached to an aromatic ring is 1. The highest BCUT2D eigenvalue weighted by molar-refractivity contribution is 6.30. The van der Waals surface area contributed by atoms with E-state index in [4.69, 9.17) is 17.3 Å². The summed E-state index contributed by atoms with van der Waals surface area (Å²) in [5, 5.41) is 3.28. The van der Waals surface area contributed by atoms with Crippen molar-refractivity contribution in [3.05, 3.63) is 40.9 Å². The number of hydrogen-bond donors (Lipinski definition) is 2. The average Bonchev–Trinajstić information content (AvgIpc) is 2.37. The van der Waals surface area contributed by atoms with Crippen molar-refractivity contribution in [1.82, 2.24) is 9.97 Å². The maximum atomic E-state index is 13.7. The van der Waals surface area contributed by atoms with Crippen LogP contribution in [-0.2, 0) is 6.42 Å². The lowest BCUT2D eigenvalue weighted by atomic mass is 10.1. The van der Waals surface area contributed by atoms with E-state index in [2.05, 4.69) is 15.3 Å². The number of nitrogens with one attached hydrogen (secondary N) is 1. The van der Waals surface area contributed by atoms with Crippen molar-refractivity contribution in [2.24, 2.45) is 0 Å². The number of hydrogen-bond acceptors (Lipinski definition) is 4. The fraction of sp³-hybridized carbons (Fsp3) is 0.231. The first-order valence-corrected chi connectivity index (χ1v) is 6.31. The summed E-state index contributed by atoms with van der Waals surface area (Å²) in [4.78, 5) is 8.06. The van der Waals surface area contributed by atoms with Crippen molar-refractivity contribution in [3.8, 4) is 0 Å². The van der Waals surface area contributed by atoms with Gasteiger partial charge in [-0.1, -0.05) is 24.9 Å². The molecule has 0 saturated heterocycles. The molecule has 0 radical (unpaired) electrons. The molecule has 1 aromatic heterocycles. The minimum Gasteiger partial charge on any atom is -0.383 e. The van der Waals surface area contributed by atoms with E-state index in [1.807, 2.05) is 6.92 Å². The molecule has 3 N–H and O–H groups in total. The van der Waals surface area contributed by atoms with E-state index in [0.29, 0.717) is 22.3 Å². The number of anilines is 3. The van der Waals surface area contributed by atoms with Crippen molar-refractivity contribution in [3.63, 3.8) is 0 Å². The quantitative estimate of drug-likeness (QED) is 0.899. The monoisotopic (exact) mass is 280 g/mol. The molecule has 0 amide bonds. The second kappa shape index (κ2) is 5.84. The van der Waals surface area contributed by atoms with Crippen LogP contribution in [0.4, 0.5) is 21.7 Å². The second-order valence-corrected chi connectivity index (χ2v) is 4.52. The average molecular weight is 281 g/mol. The zero-order valence-corrected chi connectivity index (χ0v) is 11.2. The molecule has 0 unspecified atom stereocenters. The zero-order chi connectivity index (χ0) is 13.8. The molecule has 0 saturated carbocycles. The van der Waals surface area contributed by atoms with Gasteiger partial charge < -0.3 is 11.1 Å². The fourth-order valence-electron chi connectivity index (χ4n) is 1.75. The zero-order valence-electron chi connectivity index (χ0n) is 10.5.